The van der Waals surface area contributed by atoms with Crippen LogP contribution in [0.1, 0.15) is 11.1 Å². The lowest BCUT2D eigenvalue weighted by Gasteiger charge is -2.15. The molecular formula is C23H15ClN2O3S3. The molecule has 0 saturated carbocycles. The first kappa shape index (κ1) is 22.5. The Bertz CT molecular complexity index is 1280. The average Bonchev–Trinajstić information content (AvgIpc) is 3.04. The monoisotopic (exact) mass is 498 g/mol. The van der Waals surface area contributed by atoms with Crippen molar-refractivity contribution < 1.29 is 9.72 Å². The van der Waals surface area contributed by atoms with Gasteiger partial charge < -0.3 is 0 Å². The number of thioether (sulfide) groups is 1. The van der Waals surface area contributed by atoms with Crippen molar-refractivity contribution >= 4 is 75.0 Å². The first-order valence-corrected chi connectivity index (χ1v) is 11.8. The van der Waals surface area contributed by atoms with Crippen molar-refractivity contribution in [1.29, 1.82) is 0 Å². The molecule has 1 saturated heterocycles. The van der Waals surface area contributed by atoms with E-state index in [9.17, 15) is 14.9 Å². The van der Waals surface area contributed by atoms with Crippen LogP contribution in [0.3, 0.4) is 0 Å². The number of hydrogen-bond acceptors (Lipinski definition) is 6. The van der Waals surface area contributed by atoms with Gasteiger partial charge in [0.15, 0.2) is 4.32 Å². The molecule has 0 atom stereocenters. The molecule has 0 spiro atoms. The summed E-state index contributed by atoms with van der Waals surface area (Å²) in [7, 11) is 0. The van der Waals surface area contributed by atoms with Gasteiger partial charge >= 0.3 is 0 Å². The lowest BCUT2D eigenvalue weighted by atomic mass is 10.2. The average molecular weight is 499 g/mol. The number of anilines is 1. The number of nitrogens with zero attached hydrogens (tertiary/aromatic N) is 2. The zero-order valence-electron chi connectivity index (χ0n) is 16.7. The van der Waals surface area contributed by atoms with Gasteiger partial charge in [-0.3, -0.25) is 19.8 Å². The van der Waals surface area contributed by atoms with E-state index in [4.69, 9.17) is 23.8 Å². The Hall–Kier alpha value is -2.65. The second-order valence-corrected chi connectivity index (χ2v) is 10.1. The highest BCUT2D eigenvalue weighted by Gasteiger charge is 2.34. The molecule has 1 heterocycles. The van der Waals surface area contributed by atoms with Crippen LogP contribution >= 0.6 is 47.3 Å². The van der Waals surface area contributed by atoms with Crippen molar-refractivity contribution in [2.75, 3.05) is 4.90 Å². The first-order chi connectivity index (χ1) is 15.3. The third-order valence-electron chi connectivity index (χ3n) is 4.63. The number of nitro groups is 1. The Morgan fingerprint density at radius 3 is 2.53 bits per heavy atom. The predicted molar refractivity (Wildman–Crippen MR) is 136 cm³/mol. The fourth-order valence-corrected chi connectivity index (χ4v) is 5.43. The number of thiocarbonyl (C=S) groups is 1. The quantitative estimate of drug-likeness (QED) is 0.161. The van der Waals surface area contributed by atoms with Crippen LogP contribution in [0.2, 0.25) is 5.02 Å². The van der Waals surface area contributed by atoms with Crippen molar-refractivity contribution in [3.05, 3.63) is 97.9 Å². The summed E-state index contributed by atoms with van der Waals surface area (Å²) in [6.45, 7) is 2.01. The van der Waals surface area contributed by atoms with Crippen molar-refractivity contribution in [2.45, 2.75) is 16.7 Å². The summed E-state index contributed by atoms with van der Waals surface area (Å²) in [5.74, 6) is -0.314. The zero-order valence-corrected chi connectivity index (χ0v) is 19.9. The number of benzene rings is 3. The van der Waals surface area contributed by atoms with Crippen molar-refractivity contribution in [3.8, 4) is 0 Å². The summed E-state index contributed by atoms with van der Waals surface area (Å²) < 4.78 is 0.354. The molecule has 32 heavy (non-hydrogen) atoms. The summed E-state index contributed by atoms with van der Waals surface area (Å²) in [6, 6.07) is 19.6. The third kappa shape index (κ3) is 4.73. The van der Waals surface area contributed by atoms with Gasteiger partial charge in [0.2, 0.25) is 0 Å². The highest BCUT2D eigenvalue weighted by Crippen LogP contribution is 2.41. The van der Waals surface area contributed by atoms with E-state index in [2.05, 4.69) is 0 Å². The SMILES string of the molecule is Cc1ccc(Sc2ccc([N+](=O)[O-])cc2/C=C2\SC(=S)N(c3ccccc3Cl)C2=O)cc1. The Labute approximate surface area is 203 Å². The number of aryl methyl sites for hydroxylation is 1. The van der Waals surface area contributed by atoms with Crippen LogP contribution in [0.15, 0.2) is 81.4 Å². The molecule has 0 aliphatic carbocycles. The number of non-ortho nitro benzene ring substituents is 1. The summed E-state index contributed by atoms with van der Waals surface area (Å²) in [5.41, 5.74) is 2.17. The molecule has 1 amide bonds. The number of rotatable bonds is 5. The second kappa shape index (κ2) is 9.46. The standard InChI is InChI=1S/C23H15ClN2O3S3/c1-14-6-9-17(10-7-14)31-20-11-8-16(26(28)29)12-15(20)13-21-22(27)25(23(30)32-21)19-5-3-2-4-18(19)24/h2-13H,1H3/b21-13-. The molecule has 1 aliphatic heterocycles. The summed E-state index contributed by atoms with van der Waals surface area (Å²) in [6.07, 6.45) is 1.65. The van der Waals surface area contributed by atoms with Gasteiger partial charge in [-0.2, -0.15) is 0 Å². The van der Waals surface area contributed by atoms with Crippen LogP contribution in [0.25, 0.3) is 6.08 Å². The van der Waals surface area contributed by atoms with Gasteiger partial charge in [-0.15, -0.1) is 0 Å². The van der Waals surface area contributed by atoms with Crippen LogP contribution in [-0.4, -0.2) is 15.2 Å². The number of para-hydroxylation sites is 1. The highest BCUT2D eigenvalue weighted by molar-refractivity contribution is 8.27. The smallest absolute Gasteiger partial charge is 0.268 e. The number of carbonyl (C=O) groups is 1. The molecule has 0 aromatic heterocycles. The maximum Gasteiger partial charge on any atom is 0.270 e. The topological polar surface area (TPSA) is 63.5 Å². The molecule has 0 unspecified atom stereocenters. The number of carbonyl (C=O) groups excluding carboxylic acids is 1. The van der Waals surface area contributed by atoms with Crippen LogP contribution in [0.4, 0.5) is 11.4 Å². The fourth-order valence-electron chi connectivity index (χ4n) is 3.04. The Kier molecular flexibility index (Phi) is 6.66. The molecule has 9 heteroatoms. The van der Waals surface area contributed by atoms with Crippen LogP contribution in [0, 0.1) is 17.0 Å². The van der Waals surface area contributed by atoms with Gasteiger partial charge in [-0.05, 0) is 48.9 Å². The molecule has 3 aromatic carbocycles. The molecule has 0 bridgehead atoms. The zero-order chi connectivity index (χ0) is 22.8. The van der Waals surface area contributed by atoms with E-state index in [0.717, 1.165) is 27.1 Å². The van der Waals surface area contributed by atoms with Gasteiger partial charge in [0, 0.05) is 21.9 Å². The van der Waals surface area contributed by atoms with Gasteiger partial charge in [-0.1, -0.05) is 77.2 Å². The van der Waals surface area contributed by atoms with E-state index in [1.54, 1.807) is 36.4 Å². The van der Waals surface area contributed by atoms with Crippen molar-refractivity contribution in [3.63, 3.8) is 0 Å². The minimum atomic E-state index is -0.452. The maximum atomic E-state index is 13.1. The van der Waals surface area contributed by atoms with Gasteiger partial charge in [0.25, 0.3) is 11.6 Å². The van der Waals surface area contributed by atoms with E-state index in [-0.39, 0.29) is 11.6 Å². The Morgan fingerprint density at radius 1 is 1.12 bits per heavy atom. The summed E-state index contributed by atoms with van der Waals surface area (Å²) in [4.78, 5) is 27.6. The van der Waals surface area contributed by atoms with Gasteiger partial charge in [-0.25, -0.2) is 0 Å². The van der Waals surface area contributed by atoms with Crippen molar-refractivity contribution in [2.24, 2.45) is 0 Å². The molecular weight excluding hydrogens is 484 g/mol. The van der Waals surface area contributed by atoms with Gasteiger partial charge in [0.05, 0.1) is 20.5 Å². The molecule has 3 aromatic rings. The molecule has 1 aliphatic rings. The molecule has 1 fully saturated rings. The largest absolute Gasteiger partial charge is 0.270 e. The van der Waals surface area contributed by atoms with E-state index >= 15 is 0 Å². The van der Waals surface area contributed by atoms with Gasteiger partial charge in [0.1, 0.15) is 0 Å². The third-order valence-corrected chi connectivity index (χ3v) is 7.35. The van der Waals surface area contributed by atoms with E-state index in [1.807, 2.05) is 31.2 Å². The first-order valence-electron chi connectivity index (χ1n) is 9.39. The molecule has 160 valence electrons. The molecule has 0 N–H and O–H groups in total. The minimum Gasteiger partial charge on any atom is -0.268 e. The van der Waals surface area contributed by atoms with E-state index in [1.165, 1.54) is 28.8 Å². The summed E-state index contributed by atoms with van der Waals surface area (Å²) >= 11 is 14.3. The predicted octanol–water partition coefficient (Wildman–Crippen LogP) is 7.11. The number of halogens is 1. The number of amides is 1. The maximum absolute atomic E-state index is 13.1. The number of nitro benzene ring substituents is 1. The van der Waals surface area contributed by atoms with E-state index in [0.29, 0.717) is 25.5 Å². The molecule has 0 radical (unpaired) electrons. The van der Waals surface area contributed by atoms with Crippen LogP contribution in [0.5, 0.6) is 0 Å². The molecule has 4 rings (SSSR count). The van der Waals surface area contributed by atoms with E-state index < -0.39 is 4.92 Å². The Morgan fingerprint density at radius 2 is 1.84 bits per heavy atom. The fraction of sp³-hybridized carbons (Fsp3) is 0.0435. The lowest BCUT2D eigenvalue weighted by Crippen LogP contribution is -2.27. The highest BCUT2D eigenvalue weighted by atomic mass is 35.5. The van der Waals surface area contributed by atoms with Crippen molar-refractivity contribution in [1.82, 2.24) is 0 Å². The van der Waals surface area contributed by atoms with Crippen LogP contribution in [-0.2, 0) is 4.79 Å². The summed E-state index contributed by atoms with van der Waals surface area (Å²) in [5, 5.41) is 11.8. The second-order valence-electron chi connectivity index (χ2n) is 6.86. The number of hydrogen-bond donors (Lipinski definition) is 0. The Balaban J connectivity index is 1.73. The lowest BCUT2D eigenvalue weighted by molar-refractivity contribution is -0.384. The molecule has 5 nitrogen and oxygen atoms in total. The minimum absolute atomic E-state index is 0.0499. The van der Waals surface area contributed by atoms with Crippen LogP contribution < -0.4 is 4.90 Å². The normalized spacial score (nSPS) is 14.9.